The Labute approximate surface area is 194 Å². The molecule has 1 aliphatic rings. The highest BCUT2D eigenvalue weighted by Gasteiger charge is 2.29. The predicted octanol–water partition coefficient (Wildman–Crippen LogP) is 5.49. The van der Waals surface area contributed by atoms with Crippen LogP contribution in [0.2, 0.25) is 0 Å². The van der Waals surface area contributed by atoms with Crippen LogP contribution in [0.1, 0.15) is 42.5 Å². The van der Waals surface area contributed by atoms with Gasteiger partial charge in [-0.3, -0.25) is 9.47 Å². The van der Waals surface area contributed by atoms with Gasteiger partial charge in [-0.15, -0.1) is 0 Å². The summed E-state index contributed by atoms with van der Waals surface area (Å²) in [6.45, 7) is 5.71. The standard InChI is InChI=1S/C25H31N3O4S/c1-16-9-11-27(22(13-16)18-5-7-19(8-6-18)33(4,26)31)15-21-20-10-12-28(25(29)30)24(20)17(2)14-23(21)32-3/h5-8,10,12,14,16,22,26H,9,11,13,15H2,1-4H3,(H,29,30)/t16-,22+,33-/m1/s1. The fourth-order valence-electron chi connectivity index (χ4n) is 4.95. The Morgan fingerprint density at radius 3 is 2.58 bits per heavy atom. The molecule has 4 rings (SSSR count). The number of aromatic nitrogens is 1. The number of carbonyl (C=O) groups is 1. The molecule has 0 bridgehead atoms. The Morgan fingerprint density at radius 1 is 1.27 bits per heavy atom. The third-order valence-electron chi connectivity index (χ3n) is 6.71. The maximum atomic E-state index is 12.1. The van der Waals surface area contributed by atoms with Crippen LogP contribution in [0.3, 0.4) is 0 Å². The molecule has 8 heteroatoms. The van der Waals surface area contributed by atoms with Crippen LogP contribution in [0.5, 0.6) is 5.75 Å². The van der Waals surface area contributed by atoms with E-state index in [1.165, 1.54) is 10.8 Å². The minimum Gasteiger partial charge on any atom is -0.496 e. The van der Waals surface area contributed by atoms with E-state index in [4.69, 9.17) is 9.52 Å². The maximum absolute atomic E-state index is 12.1. The minimum atomic E-state index is -2.75. The van der Waals surface area contributed by atoms with Crippen LogP contribution in [0.4, 0.5) is 4.79 Å². The number of fused-ring (bicyclic) bond motifs is 1. The second-order valence-electron chi connectivity index (χ2n) is 9.13. The number of nitrogens with zero attached hydrogens (tertiary/aromatic N) is 2. The van der Waals surface area contributed by atoms with Crippen molar-refractivity contribution >= 4 is 26.7 Å². The number of aryl methyl sites for hydroxylation is 1. The number of piperidine rings is 1. The number of hydrogen-bond donors (Lipinski definition) is 2. The van der Waals surface area contributed by atoms with E-state index >= 15 is 0 Å². The summed E-state index contributed by atoms with van der Waals surface area (Å²) in [5.41, 5.74) is 3.67. The summed E-state index contributed by atoms with van der Waals surface area (Å²) in [5.74, 6) is 1.33. The lowest BCUT2D eigenvalue weighted by Gasteiger charge is -2.39. The van der Waals surface area contributed by atoms with Crippen LogP contribution >= 0.6 is 0 Å². The molecule has 2 N–H and O–H groups in total. The Hall–Kier alpha value is -2.84. The molecular weight excluding hydrogens is 438 g/mol. The summed E-state index contributed by atoms with van der Waals surface area (Å²) >= 11 is 0. The molecule has 176 valence electrons. The van der Waals surface area contributed by atoms with Gasteiger partial charge in [0.25, 0.3) is 0 Å². The summed E-state index contributed by atoms with van der Waals surface area (Å²) < 4.78 is 26.9. The molecule has 7 nitrogen and oxygen atoms in total. The van der Waals surface area contributed by atoms with Gasteiger partial charge in [0.2, 0.25) is 0 Å². The van der Waals surface area contributed by atoms with E-state index in [0.29, 0.717) is 22.9 Å². The quantitative estimate of drug-likeness (QED) is 0.515. The third kappa shape index (κ3) is 4.50. The Kier molecular flexibility index (Phi) is 6.24. The molecule has 0 aliphatic carbocycles. The summed E-state index contributed by atoms with van der Waals surface area (Å²) in [6, 6.07) is 11.5. The average Bonchev–Trinajstić information content (AvgIpc) is 3.22. The zero-order valence-corrected chi connectivity index (χ0v) is 20.3. The average molecular weight is 470 g/mol. The minimum absolute atomic E-state index is 0.170. The Bertz CT molecular complexity index is 1300. The summed E-state index contributed by atoms with van der Waals surface area (Å²) in [4.78, 5) is 14.7. The number of carboxylic acid groups (broad SMARTS) is 1. The fourth-order valence-corrected chi connectivity index (χ4v) is 5.60. The van der Waals surface area contributed by atoms with E-state index < -0.39 is 15.8 Å². The Morgan fingerprint density at radius 2 is 1.97 bits per heavy atom. The van der Waals surface area contributed by atoms with Crippen molar-refractivity contribution in [2.75, 3.05) is 19.9 Å². The SMILES string of the molecule is COc1cc(C)c2c(ccn2C(=O)O)c1CN1CC[C@@H](C)C[C@H]1c1ccc([S@](C)(=N)=O)cc1. The van der Waals surface area contributed by atoms with E-state index in [-0.39, 0.29) is 6.04 Å². The van der Waals surface area contributed by atoms with E-state index in [1.54, 1.807) is 25.4 Å². The number of likely N-dealkylation sites (tertiary alicyclic amines) is 1. The number of nitrogens with one attached hydrogen (secondary N) is 1. The third-order valence-corrected chi connectivity index (χ3v) is 7.88. The van der Waals surface area contributed by atoms with Crippen LogP contribution < -0.4 is 4.74 Å². The summed E-state index contributed by atoms with van der Waals surface area (Å²) in [7, 11) is -1.10. The summed E-state index contributed by atoms with van der Waals surface area (Å²) in [6.07, 6.45) is 4.11. The molecule has 0 radical (unpaired) electrons. The molecule has 1 aliphatic heterocycles. The van der Waals surface area contributed by atoms with E-state index in [2.05, 4.69) is 11.8 Å². The normalized spacial score (nSPS) is 21.1. The van der Waals surface area contributed by atoms with Crippen molar-refractivity contribution in [2.24, 2.45) is 5.92 Å². The lowest BCUT2D eigenvalue weighted by molar-refractivity contribution is 0.110. The molecule has 2 aromatic carbocycles. The first-order chi connectivity index (χ1) is 15.6. The zero-order chi connectivity index (χ0) is 23.9. The topological polar surface area (TPSA) is 95.6 Å². The molecular formula is C25H31N3O4S. The van der Waals surface area contributed by atoms with Gasteiger partial charge in [-0.25, -0.2) is 13.8 Å². The van der Waals surface area contributed by atoms with Gasteiger partial charge >= 0.3 is 6.09 Å². The van der Waals surface area contributed by atoms with E-state index in [9.17, 15) is 14.1 Å². The van der Waals surface area contributed by atoms with Gasteiger partial charge in [-0.1, -0.05) is 19.1 Å². The molecule has 1 fully saturated rings. The maximum Gasteiger partial charge on any atom is 0.416 e. The summed E-state index contributed by atoms with van der Waals surface area (Å²) in [5, 5.41) is 10.5. The highest BCUT2D eigenvalue weighted by atomic mass is 32.2. The predicted molar refractivity (Wildman–Crippen MR) is 130 cm³/mol. The van der Waals surface area contributed by atoms with Crippen LogP contribution in [-0.2, 0) is 16.3 Å². The lowest BCUT2D eigenvalue weighted by Crippen LogP contribution is -2.36. The van der Waals surface area contributed by atoms with Gasteiger partial charge < -0.3 is 9.84 Å². The van der Waals surface area contributed by atoms with Crippen molar-refractivity contribution in [2.45, 2.75) is 44.2 Å². The van der Waals surface area contributed by atoms with Crippen molar-refractivity contribution < 1.29 is 18.8 Å². The molecule has 3 aromatic rings. The van der Waals surface area contributed by atoms with Crippen molar-refractivity contribution in [1.82, 2.24) is 9.47 Å². The molecule has 1 saturated heterocycles. The molecule has 0 unspecified atom stereocenters. The molecule has 33 heavy (non-hydrogen) atoms. The monoisotopic (exact) mass is 469 g/mol. The molecule has 3 atom stereocenters. The van der Waals surface area contributed by atoms with Gasteiger partial charge in [-0.2, -0.15) is 0 Å². The van der Waals surface area contributed by atoms with Crippen LogP contribution in [0, 0.1) is 17.6 Å². The van der Waals surface area contributed by atoms with Crippen LogP contribution in [-0.4, -0.2) is 44.8 Å². The van der Waals surface area contributed by atoms with Crippen LogP contribution in [0.25, 0.3) is 10.9 Å². The highest BCUT2D eigenvalue weighted by molar-refractivity contribution is 7.91. The molecule has 2 heterocycles. The van der Waals surface area contributed by atoms with Gasteiger partial charge in [0.05, 0.1) is 22.4 Å². The van der Waals surface area contributed by atoms with Crippen LogP contribution in [0.15, 0.2) is 47.5 Å². The van der Waals surface area contributed by atoms with Gasteiger partial charge in [0, 0.05) is 40.9 Å². The smallest absolute Gasteiger partial charge is 0.416 e. The van der Waals surface area contributed by atoms with E-state index in [1.807, 2.05) is 31.2 Å². The van der Waals surface area contributed by atoms with E-state index in [0.717, 1.165) is 47.2 Å². The van der Waals surface area contributed by atoms with Gasteiger partial charge in [-0.05, 0) is 67.6 Å². The lowest BCUT2D eigenvalue weighted by atomic mass is 9.87. The van der Waals surface area contributed by atoms with Gasteiger partial charge in [0.15, 0.2) is 0 Å². The second-order valence-corrected chi connectivity index (χ2v) is 11.3. The highest BCUT2D eigenvalue weighted by Crippen LogP contribution is 2.39. The van der Waals surface area contributed by atoms with Crippen molar-refractivity contribution in [1.29, 1.82) is 4.78 Å². The molecule has 0 saturated carbocycles. The van der Waals surface area contributed by atoms with Crippen molar-refractivity contribution in [3.05, 3.63) is 59.3 Å². The number of rotatable bonds is 5. The first kappa shape index (κ1) is 23.3. The van der Waals surface area contributed by atoms with Gasteiger partial charge in [0.1, 0.15) is 5.75 Å². The second kappa shape index (κ2) is 8.83. The molecule has 1 aromatic heterocycles. The zero-order valence-electron chi connectivity index (χ0n) is 19.5. The van der Waals surface area contributed by atoms with Crippen molar-refractivity contribution in [3.63, 3.8) is 0 Å². The first-order valence-electron chi connectivity index (χ1n) is 11.1. The number of methoxy groups -OCH3 is 1. The molecule has 0 amide bonds. The number of benzene rings is 2. The Balaban J connectivity index is 1.75. The largest absolute Gasteiger partial charge is 0.496 e. The molecule has 0 spiro atoms. The number of ether oxygens (including phenoxy) is 1. The first-order valence-corrected chi connectivity index (χ1v) is 13.1. The van der Waals surface area contributed by atoms with Crippen molar-refractivity contribution in [3.8, 4) is 5.75 Å². The fraction of sp³-hybridized carbons (Fsp3) is 0.400. The number of hydrogen-bond acceptors (Lipinski definition) is 5.